The van der Waals surface area contributed by atoms with E-state index in [-0.39, 0.29) is 11.9 Å². The normalized spacial score (nSPS) is 14.5. The SMILES string of the molecule is NC(=O)OCC(=O)Nc1cccc(CN2CCN(c3cncc(Nc4ccc(-c5ccc(N6CCCC6=O)cc5)cn4)c3)C2=O)c1. The summed E-state index contributed by atoms with van der Waals surface area (Å²) in [5, 5.41) is 5.90. The van der Waals surface area contributed by atoms with Crippen molar-refractivity contribution in [1.82, 2.24) is 14.9 Å². The number of carbonyl (C=O) groups excluding carboxylic acids is 4. The van der Waals surface area contributed by atoms with E-state index >= 15 is 0 Å². The maximum absolute atomic E-state index is 13.3. The molecule has 13 nitrogen and oxygen atoms in total. The molecule has 2 aliphatic rings. The van der Waals surface area contributed by atoms with Crippen molar-refractivity contribution in [2.45, 2.75) is 19.4 Å². The van der Waals surface area contributed by atoms with Crippen LogP contribution in [0.2, 0.25) is 0 Å². The van der Waals surface area contributed by atoms with E-state index in [1.54, 1.807) is 46.6 Å². The van der Waals surface area contributed by atoms with Gasteiger partial charge in [0.2, 0.25) is 5.91 Å². The van der Waals surface area contributed by atoms with Gasteiger partial charge in [0.25, 0.3) is 5.91 Å². The van der Waals surface area contributed by atoms with E-state index in [1.807, 2.05) is 53.4 Å². The zero-order chi connectivity index (χ0) is 32.0. The first-order valence-corrected chi connectivity index (χ1v) is 14.8. The number of aromatic nitrogens is 2. The van der Waals surface area contributed by atoms with Crippen molar-refractivity contribution in [2.24, 2.45) is 5.73 Å². The number of anilines is 5. The Morgan fingerprint density at radius 1 is 0.848 bits per heavy atom. The predicted octanol–water partition coefficient (Wildman–Crippen LogP) is 4.49. The highest BCUT2D eigenvalue weighted by Crippen LogP contribution is 2.28. The number of nitrogens with two attached hydrogens (primary N) is 1. The lowest BCUT2D eigenvalue weighted by atomic mass is 10.1. The first-order valence-electron chi connectivity index (χ1n) is 14.8. The van der Waals surface area contributed by atoms with Gasteiger partial charge in [-0.1, -0.05) is 24.3 Å². The number of ether oxygens (including phenoxy) is 1. The molecule has 2 aromatic carbocycles. The Hall–Kier alpha value is -5.98. The number of pyridine rings is 2. The van der Waals surface area contributed by atoms with Gasteiger partial charge in [0.15, 0.2) is 6.61 Å². The average Bonchev–Trinajstić information content (AvgIpc) is 3.65. The Balaban J connectivity index is 1.05. The fourth-order valence-corrected chi connectivity index (χ4v) is 5.46. The van der Waals surface area contributed by atoms with Gasteiger partial charge in [0, 0.05) is 55.7 Å². The molecule has 0 radical (unpaired) electrons. The van der Waals surface area contributed by atoms with Crippen LogP contribution >= 0.6 is 0 Å². The summed E-state index contributed by atoms with van der Waals surface area (Å²) in [5.74, 6) is 0.273. The largest absolute Gasteiger partial charge is 0.440 e. The van der Waals surface area contributed by atoms with Crippen molar-refractivity contribution < 1.29 is 23.9 Å². The van der Waals surface area contributed by atoms with Crippen molar-refractivity contribution in [1.29, 1.82) is 0 Å². The molecule has 0 atom stereocenters. The molecule has 0 spiro atoms. The minimum absolute atomic E-state index is 0.161. The van der Waals surface area contributed by atoms with Gasteiger partial charge in [-0.25, -0.2) is 14.6 Å². The Morgan fingerprint density at radius 2 is 1.67 bits per heavy atom. The molecule has 4 heterocycles. The summed E-state index contributed by atoms with van der Waals surface area (Å²) in [6.07, 6.45) is 5.57. The second-order valence-corrected chi connectivity index (χ2v) is 10.9. The molecule has 13 heteroatoms. The van der Waals surface area contributed by atoms with Crippen molar-refractivity contribution in [3.05, 3.63) is 90.9 Å². The van der Waals surface area contributed by atoms with Crippen LogP contribution < -0.4 is 26.2 Å². The molecule has 4 aromatic rings. The number of carbonyl (C=O) groups is 4. The highest BCUT2D eigenvalue weighted by Gasteiger charge is 2.30. The summed E-state index contributed by atoms with van der Waals surface area (Å²) in [6.45, 7) is 1.62. The zero-order valence-corrected chi connectivity index (χ0v) is 24.9. The average molecular weight is 621 g/mol. The third-order valence-corrected chi connectivity index (χ3v) is 7.68. The van der Waals surface area contributed by atoms with Gasteiger partial charge in [-0.15, -0.1) is 0 Å². The third-order valence-electron chi connectivity index (χ3n) is 7.68. The molecule has 2 aromatic heterocycles. The van der Waals surface area contributed by atoms with E-state index in [0.29, 0.717) is 48.9 Å². The monoisotopic (exact) mass is 620 g/mol. The molecular formula is C33H32N8O5. The Kier molecular flexibility index (Phi) is 8.72. The number of primary amides is 1. The van der Waals surface area contributed by atoms with Crippen LogP contribution in [0.4, 0.5) is 38.2 Å². The second kappa shape index (κ2) is 13.3. The van der Waals surface area contributed by atoms with Crippen molar-refractivity contribution in [2.75, 3.05) is 46.7 Å². The summed E-state index contributed by atoms with van der Waals surface area (Å²) < 4.78 is 4.51. The van der Waals surface area contributed by atoms with Crippen LogP contribution in [0, 0.1) is 0 Å². The van der Waals surface area contributed by atoms with E-state index in [4.69, 9.17) is 5.73 Å². The number of nitrogens with one attached hydrogen (secondary N) is 2. The van der Waals surface area contributed by atoms with Crippen LogP contribution in [0.25, 0.3) is 11.1 Å². The zero-order valence-electron chi connectivity index (χ0n) is 24.9. The predicted molar refractivity (Wildman–Crippen MR) is 173 cm³/mol. The molecule has 0 saturated carbocycles. The molecule has 46 heavy (non-hydrogen) atoms. The first kappa shape index (κ1) is 30.1. The lowest BCUT2D eigenvalue weighted by Crippen LogP contribution is -2.31. The quantitative estimate of drug-likeness (QED) is 0.234. The third kappa shape index (κ3) is 7.04. The van der Waals surface area contributed by atoms with Gasteiger partial charge >= 0.3 is 12.1 Å². The summed E-state index contributed by atoms with van der Waals surface area (Å²) in [5.41, 5.74) is 10.4. The number of amides is 5. The van der Waals surface area contributed by atoms with Crippen LogP contribution in [0.5, 0.6) is 0 Å². The van der Waals surface area contributed by atoms with Crippen LogP contribution in [0.3, 0.4) is 0 Å². The van der Waals surface area contributed by atoms with E-state index in [0.717, 1.165) is 35.3 Å². The molecule has 0 aliphatic carbocycles. The number of rotatable bonds is 10. The fourth-order valence-electron chi connectivity index (χ4n) is 5.46. The summed E-state index contributed by atoms with van der Waals surface area (Å²) in [4.78, 5) is 62.1. The smallest absolute Gasteiger partial charge is 0.405 e. The molecule has 5 amide bonds. The van der Waals surface area contributed by atoms with Gasteiger partial charge in [0.1, 0.15) is 5.82 Å². The molecule has 4 N–H and O–H groups in total. The van der Waals surface area contributed by atoms with Gasteiger partial charge in [-0.2, -0.15) is 0 Å². The van der Waals surface area contributed by atoms with Crippen LogP contribution in [0.15, 0.2) is 85.3 Å². The number of nitrogens with zero attached hydrogens (tertiary/aromatic N) is 5. The van der Waals surface area contributed by atoms with E-state index in [1.165, 1.54) is 0 Å². The lowest BCUT2D eigenvalue weighted by Gasteiger charge is -2.19. The van der Waals surface area contributed by atoms with Crippen molar-refractivity contribution in [3.8, 4) is 11.1 Å². The van der Waals surface area contributed by atoms with Gasteiger partial charge in [-0.3, -0.25) is 19.5 Å². The highest BCUT2D eigenvalue weighted by atomic mass is 16.5. The van der Waals surface area contributed by atoms with E-state index in [2.05, 4.69) is 25.3 Å². The molecule has 2 saturated heterocycles. The lowest BCUT2D eigenvalue weighted by molar-refractivity contribution is -0.119. The maximum atomic E-state index is 13.3. The van der Waals surface area contributed by atoms with Crippen LogP contribution in [-0.4, -0.2) is 65.0 Å². The Morgan fingerprint density at radius 3 is 2.41 bits per heavy atom. The number of urea groups is 1. The molecule has 0 bridgehead atoms. The Labute approximate surface area is 265 Å². The standard InChI is InChI=1S/C33H32N8O5/c34-32(44)46-21-30(42)38-25-4-1-3-22(15-25)20-39-13-14-41(33(39)45)28-16-26(18-35-19-28)37-29-11-8-24(17-36-29)23-6-9-27(10-7-23)40-12-2-5-31(40)43/h1,3-4,6-11,15-19H,2,5,12-14,20-21H2,(H2,34,44)(H,36,37)(H,38,42). The molecule has 6 rings (SSSR count). The number of hydrogen-bond acceptors (Lipinski definition) is 8. The molecule has 234 valence electrons. The topological polar surface area (TPSA) is 163 Å². The Bertz CT molecular complexity index is 1760. The van der Waals surface area contributed by atoms with E-state index in [9.17, 15) is 19.2 Å². The highest BCUT2D eigenvalue weighted by molar-refractivity contribution is 5.96. The van der Waals surface area contributed by atoms with Gasteiger partial charge in [0.05, 0.1) is 23.8 Å². The second-order valence-electron chi connectivity index (χ2n) is 10.9. The molecule has 2 aliphatic heterocycles. The minimum Gasteiger partial charge on any atom is -0.440 e. The molecular weight excluding hydrogens is 588 g/mol. The van der Waals surface area contributed by atoms with Gasteiger partial charge in [-0.05, 0) is 60.0 Å². The summed E-state index contributed by atoms with van der Waals surface area (Å²) >= 11 is 0. The van der Waals surface area contributed by atoms with Crippen LogP contribution in [0.1, 0.15) is 18.4 Å². The fraction of sp³-hybridized carbons (Fsp3) is 0.212. The van der Waals surface area contributed by atoms with Gasteiger partial charge < -0.3 is 30.9 Å². The summed E-state index contributed by atoms with van der Waals surface area (Å²) in [6, 6.07) is 20.6. The number of benzene rings is 2. The maximum Gasteiger partial charge on any atom is 0.405 e. The summed E-state index contributed by atoms with van der Waals surface area (Å²) in [7, 11) is 0. The molecule has 2 fully saturated rings. The number of hydrogen-bond donors (Lipinski definition) is 3. The van der Waals surface area contributed by atoms with Crippen molar-refractivity contribution >= 4 is 52.5 Å². The van der Waals surface area contributed by atoms with E-state index < -0.39 is 18.6 Å². The first-order chi connectivity index (χ1) is 22.3. The minimum atomic E-state index is -1.03. The van der Waals surface area contributed by atoms with Crippen LogP contribution in [-0.2, 0) is 20.9 Å². The van der Waals surface area contributed by atoms with Crippen molar-refractivity contribution in [3.63, 3.8) is 0 Å². The molecule has 0 unspecified atom stereocenters.